The van der Waals surface area contributed by atoms with Crippen LogP contribution in [0.2, 0.25) is 0 Å². The minimum Gasteiger partial charge on any atom is -0.204 e. The van der Waals surface area contributed by atoms with Crippen molar-refractivity contribution in [2.24, 2.45) is 0 Å². The zero-order valence-corrected chi connectivity index (χ0v) is 10.0. The molecule has 2 aromatic rings. The van der Waals surface area contributed by atoms with Crippen molar-refractivity contribution in [3.8, 4) is 11.1 Å². The van der Waals surface area contributed by atoms with Gasteiger partial charge in [0.25, 0.3) is 0 Å². The summed E-state index contributed by atoms with van der Waals surface area (Å²) in [6, 6.07) is 9.44. The molecule has 18 heavy (non-hydrogen) atoms. The minimum absolute atomic E-state index is 0.109. The summed E-state index contributed by atoms with van der Waals surface area (Å²) in [7, 11) is 0. The van der Waals surface area contributed by atoms with Crippen molar-refractivity contribution in [3.05, 3.63) is 59.4 Å². The molecule has 0 amide bonds. The van der Waals surface area contributed by atoms with E-state index in [9.17, 15) is 13.2 Å². The van der Waals surface area contributed by atoms with Gasteiger partial charge in [0, 0.05) is 5.56 Å². The highest BCUT2D eigenvalue weighted by Crippen LogP contribution is 2.29. The number of hydrogen-bond donors (Lipinski definition) is 0. The lowest BCUT2D eigenvalue weighted by molar-refractivity contribution is 0.449. The van der Waals surface area contributed by atoms with Crippen LogP contribution < -0.4 is 0 Å². The zero-order valence-electron chi connectivity index (χ0n) is 10.0. The quantitative estimate of drug-likeness (QED) is 0.691. The molecule has 2 aromatic carbocycles. The second-order valence-electron chi connectivity index (χ2n) is 4.13. The highest BCUT2D eigenvalue weighted by molar-refractivity contribution is 5.68. The lowest BCUT2D eigenvalue weighted by atomic mass is 9.96. The molecule has 0 aliphatic rings. The Morgan fingerprint density at radius 2 is 1.56 bits per heavy atom. The Hall–Kier alpha value is -1.77. The first-order valence-corrected chi connectivity index (χ1v) is 5.87. The van der Waals surface area contributed by atoms with Crippen LogP contribution in [0.25, 0.3) is 11.1 Å². The van der Waals surface area contributed by atoms with E-state index in [1.165, 1.54) is 6.07 Å². The minimum atomic E-state index is -1.42. The number of halogens is 3. The maximum absolute atomic E-state index is 13.8. The molecular weight excluding hydrogens is 237 g/mol. The molecule has 0 saturated carbocycles. The Kier molecular flexibility index (Phi) is 3.70. The second-order valence-corrected chi connectivity index (χ2v) is 4.13. The van der Waals surface area contributed by atoms with Gasteiger partial charge >= 0.3 is 0 Å². The Labute approximate surface area is 104 Å². The Morgan fingerprint density at radius 3 is 2.28 bits per heavy atom. The smallest absolute Gasteiger partial charge is 0.195 e. The number of hydrogen-bond acceptors (Lipinski definition) is 0. The SMILES string of the molecule is CCCc1ccccc1-c1ccc(F)c(F)c1F. The van der Waals surface area contributed by atoms with E-state index in [0.29, 0.717) is 5.56 Å². The molecule has 94 valence electrons. The van der Waals surface area contributed by atoms with Crippen molar-refractivity contribution in [1.29, 1.82) is 0 Å². The molecule has 0 unspecified atom stereocenters. The third kappa shape index (κ3) is 2.26. The topological polar surface area (TPSA) is 0 Å². The summed E-state index contributed by atoms with van der Waals surface area (Å²) in [5, 5.41) is 0. The highest BCUT2D eigenvalue weighted by Gasteiger charge is 2.16. The van der Waals surface area contributed by atoms with Crippen LogP contribution in [0, 0.1) is 17.5 Å². The summed E-state index contributed by atoms with van der Waals surface area (Å²) in [4.78, 5) is 0. The molecule has 0 aliphatic carbocycles. The van der Waals surface area contributed by atoms with Gasteiger partial charge in [-0.2, -0.15) is 0 Å². The average molecular weight is 250 g/mol. The first-order valence-electron chi connectivity index (χ1n) is 5.87. The number of rotatable bonds is 3. The largest absolute Gasteiger partial charge is 0.204 e. The average Bonchev–Trinajstić information content (AvgIpc) is 2.38. The van der Waals surface area contributed by atoms with Gasteiger partial charge in [-0.05, 0) is 29.7 Å². The fraction of sp³-hybridized carbons (Fsp3) is 0.200. The first kappa shape index (κ1) is 12.7. The zero-order chi connectivity index (χ0) is 13.1. The van der Waals surface area contributed by atoms with Crippen molar-refractivity contribution in [2.45, 2.75) is 19.8 Å². The van der Waals surface area contributed by atoms with Gasteiger partial charge in [0.15, 0.2) is 17.5 Å². The summed E-state index contributed by atoms with van der Waals surface area (Å²) >= 11 is 0. The summed E-state index contributed by atoms with van der Waals surface area (Å²) in [5.74, 6) is -3.71. The predicted octanol–water partition coefficient (Wildman–Crippen LogP) is 4.72. The third-order valence-electron chi connectivity index (χ3n) is 2.86. The molecule has 2 rings (SSSR count). The Bertz CT molecular complexity index is 562. The molecular formula is C15H13F3. The molecule has 0 bridgehead atoms. The molecule has 0 N–H and O–H groups in total. The van der Waals surface area contributed by atoms with Crippen molar-refractivity contribution in [2.75, 3.05) is 0 Å². The van der Waals surface area contributed by atoms with Crippen LogP contribution >= 0.6 is 0 Å². The summed E-state index contributed by atoms with van der Waals surface area (Å²) < 4.78 is 39.9. The summed E-state index contributed by atoms with van der Waals surface area (Å²) in [6.45, 7) is 2.01. The Morgan fingerprint density at radius 1 is 0.833 bits per heavy atom. The van der Waals surface area contributed by atoms with Crippen LogP contribution in [-0.2, 0) is 6.42 Å². The van der Waals surface area contributed by atoms with Crippen LogP contribution in [0.15, 0.2) is 36.4 Å². The lowest BCUT2D eigenvalue weighted by Crippen LogP contribution is -1.96. The van der Waals surface area contributed by atoms with Gasteiger partial charge in [-0.1, -0.05) is 37.6 Å². The fourth-order valence-corrected chi connectivity index (χ4v) is 2.00. The fourth-order valence-electron chi connectivity index (χ4n) is 2.00. The van der Waals surface area contributed by atoms with Gasteiger partial charge in [0.05, 0.1) is 0 Å². The van der Waals surface area contributed by atoms with Gasteiger partial charge < -0.3 is 0 Å². The molecule has 3 heteroatoms. The van der Waals surface area contributed by atoms with E-state index in [1.807, 2.05) is 19.1 Å². The van der Waals surface area contributed by atoms with Crippen LogP contribution in [0.5, 0.6) is 0 Å². The summed E-state index contributed by atoms with van der Waals surface area (Å²) in [6.07, 6.45) is 1.68. The lowest BCUT2D eigenvalue weighted by Gasteiger charge is -2.10. The van der Waals surface area contributed by atoms with E-state index in [4.69, 9.17) is 0 Å². The van der Waals surface area contributed by atoms with Crippen LogP contribution in [0.1, 0.15) is 18.9 Å². The molecule has 0 nitrogen and oxygen atoms in total. The van der Waals surface area contributed by atoms with Crippen molar-refractivity contribution in [3.63, 3.8) is 0 Å². The first-order chi connectivity index (χ1) is 8.65. The van der Waals surface area contributed by atoms with Crippen LogP contribution in [0.4, 0.5) is 13.2 Å². The Balaban J connectivity index is 2.59. The molecule has 0 heterocycles. The van der Waals surface area contributed by atoms with E-state index in [2.05, 4.69) is 0 Å². The van der Waals surface area contributed by atoms with E-state index in [0.717, 1.165) is 24.5 Å². The van der Waals surface area contributed by atoms with Gasteiger partial charge in [0.1, 0.15) is 0 Å². The number of benzene rings is 2. The van der Waals surface area contributed by atoms with Crippen molar-refractivity contribution < 1.29 is 13.2 Å². The third-order valence-corrected chi connectivity index (χ3v) is 2.86. The summed E-state index contributed by atoms with van der Waals surface area (Å²) in [5.41, 5.74) is 1.67. The van der Waals surface area contributed by atoms with Gasteiger partial charge in [-0.3, -0.25) is 0 Å². The predicted molar refractivity (Wildman–Crippen MR) is 65.7 cm³/mol. The molecule has 0 atom stereocenters. The molecule has 0 radical (unpaired) electrons. The normalized spacial score (nSPS) is 10.7. The second kappa shape index (κ2) is 5.25. The molecule has 0 spiro atoms. The highest BCUT2D eigenvalue weighted by atomic mass is 19.2. The van der Waals surface area contributed by atoms with E-state index in [-0.39, 0.29) is 5.56 Å². The molecule has 0 saturated heterocycles. The van der Waals surface area contributed by atoms with Gasteiger partial charge in [-0.15, -0.1) is 0 Å². The monoisotopic (exact) mass is 250 g/mol. The standard InChI is InChI=1S/C15H13F3/c1-2-5-10-6-3-4-7-11(10)12-8-9-13(16)15(18)14(12)17/h3-4,6-9H,2,5H2,1H3. The van der Waals surface area contributed by atoms with Crippen molar-refractivity contribution in [1.82, 2.24) is 0 Å². The van der Waals surface area contributed by atoms with Crippen LogP contribution in [-0.4, -0.2) is 0 Å². The van der Waals surface area contributed by atoms with E-state index in [1.54, 1.807) is 12.1 Å². The van der Waals surface area contributed by atoms with E-state index >= 15 is 0 Å². The molecule has 0 fully saturated rings. The van der Waals surface area contributed by atoms with Crippen LogP contribution in [0.3, 0.4) is 0 Å². The van der Waals surface area contributed by atoms with E-state index < -0.39 is 17.5 Å². The number of aryl methyl sites for hydroxylation is 1. The maximum atomic E-state index is 13.8. The van der Waals surface area contributed by atoms with Crippen molar-refractivity contribution >= 4 is 0 Å². The maximum Gasteiger partial charge on any atom is 0.195 e. The molecule has 0 aromatic heterocycles. The molecule has 0 aliphatic heterocycles. The van der Waals surface area contributed by atoms with Gasteiger partial charge in [0.2, 0.25) is 0 Å². The van der Waals surface area contributed by atoms with Gasteiger partial charge in [-0.25, -0.2) is 13.2 Å².